The van der Waals surface area contributed by atoms with Crippen molar-refractivity contribution in [2.75, 3.05) is 32.7 Å². The van der Waals surface area contributed by atoms with E-state index in [2.05, 4.69) is 29.4 Å². The minimum Gasteiger partial charge on any atom is -0.353 e. The second-order valence-corrected chi connectivity index (χ2v) is 5.42. The highest BCUT2D eigenvalue weighted by atomic mass is 16.2. The number of piperazine rings is 1. The number of nitrogens with zero attached hydrogens (tertiary/aromatic N) is 1. The molecule has 2 heterocycles. The van der Waals surface area contributed by atoms with Gasteiger partial charge in [-0.3, -0.25) is 9.69 Å². The minimum absolute atomic E-state index is 0.0891. The Hall–Kier alpha value is -0.610. The highest BCUT2D eigenvalue weighted by Gasteiger charge is 2.35. The SMILES string of the molecule is CCC1C(=O)NCCN1CC1(C)CCNC1. The fourth-order valence-electron chi connectivity index (χ4n) is 2.89. The monoisotopic (exact) mass is 225 g/mol. The third kappa shape index (κ3) is 2.38. The summed E-state index contributed by atoms with van der Waals surface area (Å²) in [5.74, 6) is 0.211. The predicted octanol–water partition coefficient (Wildman–Crippen LogP) is 0.196. The Labute approximate surface area is 97.8 Å². The van der Waals surface area contributed by atoms with Crippen molar-refractivity contribution in [3.8, 4) is 0 Å². The maximum absolute atomic E-state index is 11.7. The first-order chi connectivity index (χ1) is 7.64. The molecular weight excluding hydrogens is 202 g/mol. The zero-order valence-corrected chi connectivity index (χ0v) is 10.4. The van der Waals surface area contributed by atoms with Crippen LogP contribution in [-0.4, -0.2) is 49.6 Å². The molecule has 2 atom stereocenters. The molecule has 1 amide bonds. The lowest BCUT2D eigenvalue weighted by atomic mass is 9.88. The molecule has 2 rings (SSSR count). The van der Waals surface area contributed by atoms with Crippen LogP contribution in [0.3, 0.4) is 0 Å². The number of hydrogen-bond donors (Lipinski definition) is 2. The summed E-state index contributed by atoms with van der Waals surface area (Å²) in [7, 11) is 0. The second-order valence-electron chi connectivity index (χ2n) is 5.42. The van der Waals surface area contributed by atoms with Crippen molar-refractivity contribution in [3.05, 3.63) is 0 Å². The van der Waals surface area contributed by atoms with Crippen molar-refractivity contribution in [2.24, 2.45) is 5.41 Å². The zero-order chi connectivity index (χ0) is 11.6. The Balaban J connectivity index is 1.99. The summed E-state index contributed by atoms with van der Waals surface area (Å²) in [6.07, 6.45) is 2.14. The normalized spacial score (nSPS) is 36.4. The van der Waals surface area contributed by atoms with Gasteiger partial charge in [0.05, 0.1) is 6.04 Å². The van der Waals surface area contributed by atoms with E-state index in [1.807, 2.05) is 0 Å². The molecule has 4 nitrogen and oxygen atoms in total. The fraction of sp³-hybridized carbons (Fsp3) is 0.917. The van der Waals surface area contributed by atoms with E-state index in [1.54, 1.807) is 0 Å². The van der Waals surface area contributed by atoms with Gasteiger partial charge in [0.1, 0.15) is 0 Å². The van der Waals surface area contributed by atoms with Gasteiger partial charge >= 0.3 is 0 Å². The second kappa shape index (κ2) is 4.72. The van der Waals surface area contributed by atoms with Gasteiger partial charge in [-0.15, -0.1) is 0 Å². The molecule has 2 saturated heterocycles. The summed E-state index contributed by atoms with van der Waals surface area (Å²) in [5.41, 5.74) is 0.352. The van der Waals surface area contributed by atoms with Gasteiger partial charge in [-0.2, -0.15) is 0 Å². The molecule has 0 bridgehead atoms. The molecule has 0 radical (unpaired) electrons. The van der Waals surface area contributed by atoms with Gasteiger partial charge in [-0.25, -0.2) is 0 Å². The molecule has 2 N–H and O–H groups in total. The van der Waals surface area contributed by atoms with E-state index in [9.17, 15) is 4.79 Å². The summed E-state index contributed by atoms with van der Waals surface area (Å²) in [6, 6.07) is 0.0891. The first-order valence-electron chi connectivity index (χ1n) is 6.37. The maximum Gasteiger partial charge on any atom is 0.237 e. The van der Waals surface area contributed by atoms with Gasteiger partial charge in [-0.05, 0) is 24.8 Å². The van der Waals surface area contributed by atoms with Crippen LogP contribution in [0.1, 0.15) is 26.7 Å². The molecule has 0 saturated carbocycles. The Morgan fingerprint density at radius 2 is 2.31 bits per heavy atom. The average molecular weight is 225 g/mol. The van der Waals surface area contributed by atoms with Crippen LogP contribution in [0.2, 0.25) is 0 Å². The first kappa shape index (κ1) is 11.9. The molecule has 0 aromatic rings. The molecule has 2 unspecified atom stereocenters. The topological polar surface area (TPSA) is 44.4 Å². The third-order valence-electron chi connectivity index (χ3n) is 3.87. The quantitative estimate of drug-likeness (QED) is 0.721. The van der Waals surface area contributed by atoms with Gasteiger partial charge < -0.3 is 10.6 Å². The van der Waals surface area contributed by atoms with Crippen LogP contribution in [0.15, 0.2) is 0 Å². The van der Waals surface area contributed by atoms with Gasteiger partial charge in [0.25, 0.3) is 0 Å². The van der Waals surface area contributed by atoms with E-state index in [1.165, 1.54) is 6.42 Å². The molecule has 92 valence electrons. The summed E-state index contributed by atoms with van der Waals surface area (Å²) in [4.78, 5) is 14.1. The van der Waals surface area contributed by atoms with Crippen LogP contribution in [-0.2, 0) is 4.79 Å². The van der Waals surface area contributed by atoms with E-state index in [4.69, 9.17) is 0 Å². The number of hydrogen-bond acceptors (Lipinski definition) is 3. The van der Waals surface area contributed by atoms with Gasteiger partial charge in [-0.1, -0.05) is 13.8 Å². The zero-order valence-electron chi connectivity index (χ0n) is 10.4. The van der Waals surface area contributed by atoms with Crippen molar-refractivity contribution in [1.82, 2.24) is 15.5 Å². The highest BCUT2D eigenvalue weighted by molar-refractivity contribution is 5.82. The molecule has 0 aromatic heterocycles. The summed E-state index contributed by atoms with van der Waals surface area (Å²) in [5, 5.41) is 6.37. The molecule has 2 fully saturated rings. The Morgan fingerprint density at radius 1 is 1.50 bits per heavy atom. The Morgan fingerprint density at radius 3 is 2.94 bits per heavy atom. The predicted molar refractivity (Wildman–Crippen MR) is 64.3 cm³/mol. The Bertz CT molecular complexity index is 261. The third-order valence-corrected chi connectivity index (χ3v) is 3.87. The van der Waals surface area contributed by atoms with Crippen molar-refractivity contribution in [2.45, 2.75) is 32.7 Å². The lowest BCUT2D eigenvalue weighted by molar-refractivity contribution is -0.129. The van der Waals surface area contributed by atoms with Crippen molar-refractivity contribution in [3.63, 3.8) is 0 Å². The molecule has 2 aliphatic heterocycles. The van der Waals surface area contributed by atoms with Crippen LogP contribution in [0.25, 0.3) is 0 Å². The first-order valence-corrected chi connectivity index (χ1v) is 6.37. The molecule has 0 spiro atoms. The van der Waals surface area contributed by atoms with Crippen molar-refractivity contribution in [1.29, 1.82) is 0 Å². The summed E-state index contributed by atoms with van der Waals surface area (Å²) >= 11 is 0. The number of rotatable bonds is 3. The van der Waals surface area contributed by atoms with Crippen LogP contribution in [0, 0.1) is 5.41 Å². The highest BCUT2D eigenvalue weighted by Crippen LogP contribution is 2.27. The smallest absolute Gasteiger partial charge is 0.237 e. The summed E-state index contributed by atoms with van der Waals surface area (Å²) < 4.78 is 0. The summed E-state index contributed by atoms with van der Waals surface area (Å²) in [6.45, 7) is 9.48. The van der Waals surface area contributed by atoms with E-state index in [0.29, 0.717) is 5.41 Å². The van der Waals surface area contributed by atoms with E-state index in [-0.39, 0.29) is 11.9 Å². The van der Waals surface area contributed by atoms with Crippen LogP contribution in [0.5, 0.6) is 0 Å². The molecule has 2 aliphatic rings. The number of amides is 1. The maximum atomic E-state index is 11.7. The lowest BCUT2D eigenvalue weighted by Crippen LogP contribution is -2.57. The van der Waals surface area contributed by atoms with E-state index in [0.717, 1.165) is 39.1 Å². The standard InChI is InChI=1S/C12H23N3O/c1-3-10-11(16)14-6-7-15(10)9-12(2)4-5-13-8-12/h10,13H,3-9H2,1-2H3,(H,14,16). The van der Waals surface area contributed by atoms with Gasteiger partial charge in [0.15, 0.2) is 0 Å². The van der Waals surface area contributed by atoms with Gasteiger partial charge in [0, 0.05) is 26.2 Å². The fourth-order valence-corrected chi connectivity index (χ4v) is 2.89. The van der Waals surface area contributed by atoms with Crippen molar-refractivity contribution >= 4 is 5.91 Å². The van der Waals surface area contributed by atoms with Crippen LogP contribution in [0.4, 0.5) is 0 Å². The van der Waals surface area contributed by atoms with Crippen LogP contribution < -0.4 is 10.6 Å². The molecule has 0 aromatic carbocycles. The molecular formula is C12H23N3O. The number of nitrogens with one attached hydrogen (secondary N) is 2. The molecule has 0 aliphatic carbocycles. The van der Waals surface area contributed by atoms with E-state index < -0.39 is 0 Å². The van der Waals surface area contributed by atoms with Crippen molar-refractivity contribution < 1.29 is 4.79 Å². The minimum atomic E-state index is 0.0891. The Kier molecular flexibility index (Phi) is 3.50. The van der Waals surface area contributed by atoms with Gasteiger partial charge in [0.2, 0.25) is 5.91 Å². The molecule has 16 heavy (non-hydrogen) atoms. The lowest BCUT2D eigenvalue weighted by Gasteiger charge is -2.39. The average Bonchev–Trinajstić information content (AvgIpc) is 2.65. The molecule has 4 heteroatoms. The number of carbonyl (C=O) groups excluding carboxylic acids is 1. The van der Waals surface area contributed by atoms with Crippen LogP contribution >= 0.6 is 0 Å². The largest absolute Gasteiger partial charge is 0.353 e. The van der Waals surface area contributed by atoms with E-state index >= 15 is 0 Å². The number of carbonyl (C=O) groups is 1.